The van der Waals surface area contributed by atoms with Gasteiger partial charge in [-0.05, 0) is 32.6 Å². The number of hydrogen-bond acceptors (Lipinski definition) is 3. The van der Waals surface area contributed by atoms with Crippen LogP contribution in [0.25, 0.3) is 0 Å². The maximum absolute atomic E-state index is 12.0. The first kappa shape index (κ1) is 15.7. The molecule has 2 rings (SSSR count). The van der Waals surface area contributed by atoms with E-state index in [1.165, 1.54) is 0 Å². The van der Waals surface area contributed by atoms with E-state index in [2.05, 4.69) is 5.32 Å². The molecule has 1 aliphatic carbocycles. The van der Waals surface area contributed by atoms with Crippen molar-refractivity contribution in [2.45, 2.75) is 57.6 Å². The first-order chi connectivity index (χ1) is 10.0. The molecule has 4 nitrogen and oxygen atoms in total. The van der Waals surface area contributed by atoms with E-state index in [1.54, 1.807) is 12.1 Å². The zero-order chi connectivity index (χ0) is 15.2. The molecule has 0 heterocycles. The minimum absolute atomic E-state index is 0.00390. The molecule has 0 bridgehead atoms. The number of nitrogens with one attached hydrogen (secondary N) is 1. The van der Waals surface area contributed by atoms with Gasteiger partial charge in [-0.15, -0.1) is 0 Å². The SMILES string of the molecule is Cc1ccc(C(=O)CCC(=O)NC2CCC(O)CC2)cc1. The van der Waals surface area contributed by atoms with Crippen molar-refractivity contribution in [3.63, 3.8) is 0 Å². The number of aliphatic hydroxyl groups excluding tert-OH is 1. The Morgan fingerprint density at radius 3 is 2.33 bits per heavy atom. The lowest BCUT2D eigenvalue weighted by Crippen LogP contribution is -2.38. The summed E-state index contributed by atoms with van der Waals surface area (Å²) in [6.07, 6.45) is 3.37. The molecule has 2 N–H and O–H groups in total. The molecule has 0 saturated heterocycles. The highest BCUT2D eigenvalue weighted by atomic mass is 16.3. The van der Waals surface area contributed by atoms with Crippen molar-refractivity contribution < 1.29 is 14.7 Å². The highest BCUT2D eigenvalue weighted by Gasteiger charge is 2.20. The van der Waals surface area contributed by atoms with Gasteiger partial charge in [0.1, 0.15) is 0 Å². The second-order valence-electron chi connectivity index (χ2n) is 5.86. The Labute approximate surface area is 125 Å². The van der Waals surface area contributed by atoms with E-state index >= 15 is 0 Å². The fourth-order valence-corrected chi connectivity index (χ4v) is 2.63. The molecule has 0 unspecified atom stereocenters. The molecule has 1 aliphatic rings. The second kappa shape index (κ2) is 7.36. The van der Waals surface area contributed by atoms with Gasteiger partial charge in [-0.1, -0.05) is 29.8 Å². The van der Waals surface area contributed by atoms with Crippen LogP contribution in [0.15, 0.2) is 24.3 Å². The molecular weight excluding hydrogens is 266 g/mol. The third kappa shape index (κ3) is 4.97. The average molecular weight is 289 g/mol. The van der Waals surface area contributed by atoms with Crippen LogP contribution >= 0.6 is 0 Å². The average Bonchev–Trinajstić information content (AvgIpc) is 2.48. The lowest BCUT2D eigenvalue weighted by molar-refractivity contribution is -0.122. The van der Waals surface area contributed by atoms with Gasteiger partial charge in [-0.2, -0.15) is 0 Å². The van der Waals surface area contributed by atoms with Crippen molar-refractivity contribution in [1.82, 2.24) is 5.32 Å². The molecule has 21 heavy (non-hydrogen) atoms. The summed E-state index contributed by atoms with van der Waals surface area (Å²) in [5.41, 5.74) is 1.78. The Kier molecular flexibility index (Phi) is 5.51. The van der Waals surface area contributed by atoms with E-state index in [1.807, 2.05) is 19.1 Å². The van der Waals surface area contributed by atoms with Gasteiger partial charge < -0.3 is 10.4 Å². The number of carbonyl (C=O) groups is 2. The summed E-state index contributed by atoms with van der Waals surface area (Å²) in [6, 6.07) is 7.56. The van der Waals surface area contributed by atoms with E-state index in [0.29, 0.717) is 5.56 Å². The van der Waals surface area contributed by atoms with Gasteiger partial charge in [0, 0.05) is 24.4 Å². The van der Waals surface area contributed by atoms with E-state index in [9.17, 15) is 14.7 Å². The summed E-state index contributed by atoms with van der Waals surface area (Å²) in [4.78, 5) is 23.8. The monoisotopic (exact) mass is 289 g/mol. The highest BCUT2D eigenvalue weighted by molar-refractivity contribution is 5.97. The summed E-state index contributed by atoms with van der Waals surface area (Å²) < 4.78 is 0. The van der Waals surface area contributed by atoms with Gasteiger partial charge in [0.05, 0.1) is 6.10 Å². The molecule has 1 aromatic rings. The molecule has 0 radical (unpaired) electrons. The fraction of sp³-hybridized carbons (Fsp3) is 0.529. The van der Waals surface area contributed by atoms with Crippen LogP contribution < -0.4 is 5.32 Å². The third-order valence-corrected chi connectivity index (χ3v) is 4.01. The van der Waals surface area contributed by atoms with Gasteiger partial charge in [-0.25, -0.2) is 0 Å². The molecule has 0 atom stereocenters. The lowest BCUT2D eigenvalue weighted by atomic mass is 9.93. The van der Waals surface area contributed by atoms with Crippen LogP contribution in [0.5, 0.6) is 0 Å². The summed E-state index contributed by atoms with van der Waals surface area (Å²) in [5.74, 6) is -0.0685. The summed E-state index contributed by atoms with van der Waals surface area (Å²) in [5, 5.41) is 12.4. The van der Waals surface area contributed by atoms with E-state index in [-0.39, 0.29) is 36.7 Å². The molecular formula is C17H23NO3. The molecule has 0 aromatic heterocycles. The number of Topliss-reactive ketones (excluding diaryl/α,β-unsaturated/α-hetero) is 1. The van der Waals surface area contributed by atoms with Crippen LogP contribution in [0.3, 0.4) is 0 Å². The maximum atomic E-state index is 12.0. The van der Waals surface area contributed by atoms with Crippen LogP contribution in [0, 0.1) is 6.92 Å². The molecule has 0 aliphatic heterocycles. The third-order valence-electron chi connectivity index (χ3n) is 4.01. The van der Waals surface area contributed by atoms with Gasteiger partial charge >= 0.3 is 0 Å². The number of aliphatic hydroxyl groups is 1. The fourth-order valence-electron chi connectivity index (χ4n) is 2.63. The van der Waals surface area contributed by atoms with Crippen molar-refractivity contribution in [3.8, 4) is 0 Å². The molecule has 1 aromatic carbocycles. The van der Waals surface area contributed by atoms with Crippen LogP contribution in [-0.2, 0) is 4.79 Å². The predicted molar refractivity (Wildman–Crippen MR) is 81.1 cm³/mol. The standard InChI is InChI=1S/C17H23NO3/c1-12-2-4-13(5-3-12)16(20)10-11-17(21)18-14-6-8-15(19)9-7-14/h2-5,14-15,19H,6-11H2,1H3,(H,18,21). The number of rotatable bonds is 5. The number of carbonyl (C=O) groups excluding carboxylic acids is 2. The Balaban J connectivity index is 1.73. The van der Waals surface area contributed by atoms with E-state index < -0.39 is 0 Å². The number of aryl methyl sites for hydroxylation is 1. The lowest BCUT2D eigenvalue weighted by Gasteiger charge is -2.26. The molecule has 1 saturated carbocycles. The summed E-state index contributed by atoms with van der Waals surface area (Å²) in [6.45, 7) is 1.98. The number of benzene rings is 1. The first-order valence-corrected chi connectivity index (χ1v) is 7.62. The quantitative estimate of drug-likeness (QED) is 0.818. The largest absolute Gasteiger partial charge is 0.393 e. The van der Waals surface area contributed by atoms with Crippen LogP contribution in [-0.4, -0.2) is 28.9 Å². The number of hydrogen-bond donors (Lipinski definition) is 2. The molecule has 0 spiro atoms. The predicted octanol–water partition coefficient (Wildman–Crippen LogP) is 2.38. The number of ketones is 1. The van der Waals surface area contributed by atoms with E-state index in [4.69, 9.17) is 0 Å². The topological polar surface area (TPSA) is 66.4 Å². The summed E-state index contributed by atoms with van der Waals surface area (Å²) in [7, 11) is 0. The smallest absolute Gasteiger partial charge is 0.220 e. The zero-order valence-corrected chi connectivity index (χ0v) is 12.5. The molecule has 1 amide bonds. The second-order valence-corrected chi connectivity index (χ2v) is 5.86. The van der Waals surface area contributed by atoms with Gasteiger partial charge in [-0.3, -0.25) is 9.59 Å². The minimum Gasteiger partial charge on any atom is -0.393 e. The van der Waals surface area contributed by atoms with Crippen LogP contribution in [0.4, 0.5) is 0 Å². The van der Waals surface area contributed by atoms with E-state index in [0.717, 1.165) is 31.2 Å². The molecule has 114 valence electrons. The zero-order valence-electron chi connectivity index (χ0n) is 12.5. The van der Waals surface area contributed by atoms with Crippen molar-refractivity contribution >= 4 is 11.7 Å². The Hall–Kier alpha value is -1.68. The maximum Gasteiger partial charge on any atom is 0.220 e. The van der Waals surface area contributed by atoms with Crippen molar-refractivity contribution in [2.24, 2.45) is 0 Å². The van der Waals surface area contributed by atoms with Crippen LogP contribution in [0.2, 0.25) is 0 Å². The van der Waals surface area contributed by atoms with Crippen molar-refractivity contribution in [1.29, 1.82) is 0 Å². The highest BCUT2D eigenvalue weighted by Crippen LogP contribution is 2.18. The van der Waals surface area contributed by atoms with Gasteiger partial charge in [0.2, 0.25) is 5.91 Å². The summed E-state index contributed by atoms with van der Waals surface area (Å²) >= 11 is 0. The Morgan fingerprint density at radius 2 is 1.71 bits per heavy atom. The molecule has 1 fully saturated rings. The minimum atomic E-state index is -0.221. The van der Waals surface area contributed by atoms with Gasteiger partial charge in [0.15, 0.2) is 5.78 Å². The first-order valence-electron chi connectivity index (χ1n) is 7.62. The van der Waals surface area contributed by atoms with Crippen molar-refractivity contribution in [2.75, 3.05) is 0 Å². The van der Waals surface area contributed by atoms with Gasteiger partial charge in [0.25, 0.3) is 0 Å². The van der Waals surface area contributed by atoms with Crippen molar-refractivity contribution in [3.05, 3.63) is 35.4 Å². The normalized spacial score (nSPS) is 21.8. The molecule has 4 heteroatoms. The Bertz CT molecular complexity index is 487. The van der Waals surface area contributed by atoms with Crippen LogP contribution in [0.1, 0.15) is 54.4 Å². The Morgan fingerprint density at radius 1 is 1.10 bits per heavy atom. The number of amides is 1.